The Morgan fingerprint density at radius 1 is 1.03 bits per heavy atom. The molecule has 3 rings (SSSR count). The second kappa shape index (κ2) is 12.0. The van der Waals surface area contributed by atoms with Crippen molar-refractivity contribution in [1.29, 1.82) is 10.5 Å². The molecule has 0 aliphatic carbocycles. The lowest BCUT2D eigenvalue weighted by atomic mass is 10.1. The van der Waals surface area contributed by atoms with Gasteiger partial charge in [-0.05, 0) is 68.3 Å². The van der Waals surface area contributed by atoms with Crippen LogP contribution in [0.2, 0.25) is 0 Å². The summed E-state index contributed by atoms with van der Waals surface area (Å²) < 4.78 is 39.5. The Morgan fingerprint density at radius 3 is 2.32 bits per heavy atom. The van der Waals surface area contributed by atoms with E-state index in [9.17, 15) is 13.6 Å². The summed E-state index contributed by atoms with van der Waals surface area (Å²) in [6, 6.07) is 17.0. The van der Waals surface area contributed by atoms with Gasteiger partial charge in [-0.15, -0.1) is 0 Å². The number of nitrogens with zero attached hydrogens (tertiary/aromatic N) is 4. The average Bonchev–Trinajstić information content (AvgIpc) is 2.89. The summed E-state index contributed by atoms with van der Waals surface area (Å²) >= 11 is 0. The topological polar surface area (TPSA) is 99.2 Å². The number of carbonyl (C=O) groups is 1. The molecule has 1 heterocycles. The van der Waals surface area contributed by atoms with E-state index in [2.05, 4.69) is 4.98 Å². The summed E-state index contributed by atoms with van der Waals surface area (Å²) in [4.78, 5) is 18.5. The fourth-order valence-electron chi connectivity index (χ4n) is 3.51. The third kappa shape index (κ3) is 7.02. The van der Waals surface area contributed by atoms with Gasteiger partial charge in [-0.1, -0.05) is 12.1 Å². The van der Waals surface area contributed by atoms with Crippen molar-refractivity contribution in [2.24, 2.45) is 0 Å². The number of amides is 1. The molecule has 2 aromatic carbocycles. The number of carbonyl (C=O) groups excluding carboxylic acids is 1. The van der Waals surface area contributed by atoms with Crippen LogP contribution < -0.4 is 9.64 Å². The van der Waals surface area contributed by atoms with Gasteiger partial charge in [-0.25, -0.2) is 13.6 Å². The van der Waals surface area contributed by atoms with Crippen LogP contribution in [-0.2, 0) is 31.2 Å². The Labute approximate surface area is 214 Å². The van der Waals surface area contributed by atoms with Gasteiger partial charge >= 0.3 is 6.09 Å². The van der Waals surface area contributed by atoms with Gasteiger partial charge in [0, 0.05) is 17.4 Å². The van der Waals surface area contributed by atoms with E-state index in [0.717, 1.165) is 0 Å². The molecule has 0 aliphatic rings. The predicted octanol–water partition coefficient (Wildman–Crippen LogP) is 6.28. The summed E-state index contributed by atoms with van der Waals surface area (Å²) in [7, 11) is 0. The van der Waals surface area contributed by atoms with Crippen molar-refractivity contribution < 1.29 is 23.0 Å². The highest BCUT2D eigenvalue weighted by Crippen LogP contribution is 2.31. The third-order valence-corrected chi connectivity index (χ3v) is 5.25. The van der Waals surface area contributed by atoms with Crippen LogP contribution in [0.1, 0.15) is 54.3 Å². The molecule has 3 aromatic rings. The first-order valence-corrected chi connectivity index (χ1v) is 11.4. The number of alkyl halides is 2. The highest BCUT2D eigenvalue weighted by molar-refractivity contribution is 5.88. The van der Waals surface area contributed by atoms with Gasteiger partial charge < -0.3 is 9.47 Å². The Morgan fingerprint density at radius 2 is 1.73 bits per heavy atom. The van der Waals surface area contributed by atoms with Gasteiger partial charge in [-0.2, -0.15) is 10.5 Å². The molecule has 0 radical (unpaired) electrons. The van der Waals surface area contributed by atoms with E-state index in [-0.39, 0.29) is 30.2 Å². The number of pyridine rings is 1. The minimum atomic E-state index is -0.992. The normalized spacial score (nSPS) is 10.8. The molecule has 190 valence electrons. The summed E-state index contributed by atoms with van der Waals surface area (Å²) in [5.41, 5.74) is 1.39. The summed E-state index contributed by atoms with van der Waals surface area (Å²) in [5.74, 6) is -0.0474. The van der Waals surface area contributed by atoms with Gasteiger partial charge in [0.15, 0.2) is 0 Å². The number of rotatable bonds is 8. The maximum absolute atomic E-state index is 14.4. The second-order valence-corrected chi connectivity index (χ2v) is 9.13. The van der Waals surface area contributed by atoms with Crippen LogP contribution in [0.4, 0.5) is 19.3 Å². The predicted molar refractivity (Wildman–Crippen MR) is 133 cm³/mol. The van der Waals surface area contributed by atoms with E-state index in [0.29, 0.717) is 27.9 Å². The quantitative estimate of drug-likeness (QED) is 0.358. The number of halogens is 2. The summed E-state index contributed by atoms with van der Waals surface area (Å²) in [6.45, 7) is 3.02. The Hall–Kier alpha value is -4.50. The molecular formula is C28H26F2N4O3. The molecule has 0 bridgehead atoms. The standard InChI is InChI=1S/C28H26F2N4O3/c1-28(2,3)37-27(35)34(23-9-7-19(14-31)8-10-23)17-22-16-33-25(13-30)26(24(22)12-29)36-18-21-6-4-5-20(11-21)15-32/h4-11,16H,12-13,17-18H2,1-3H3. The fourth-order valence-corrected chi connectivity index (χ4v) is 3.51. The molecule has 1 aromatic heterocycles. The monoisotopic (exact) mass is 504 g/mol. The van der Waals surface area contributed by atoms with Crippen LogP contribution in [0.15, 0.2) is 54.7 Å². The number of ether oxygens (including phenoxy) is 2. The zero-order chi connectivity index (χ0) is 27.0. The molecule has 0 atom stereocenters. The molecule has 0 aliphatic heterocycles. The maximum Gasteiger partial charge on any atom is 0.415 e. The zero-order valence-electron chi connectivity index (χ0n) is 20.8. The first-order chi connectivity index (χ1) is 17.7. The SMILES string of the molecule is CC(C)(C)OC(=O)N(Cc1cnc(CF)c(OCc2cccc(C#N)c2)c1CF)c1ccc(C#N)cc1. The first kappa shape index (κ1) is 27.1. The number of hydrogen-bond donors (Lipinski definition) is 0. The van der Waals surface area contributed by atoms with E-state index in [1.165, 1.54) is 11.1 Å². The van der Waals surface area contributed by atoms with Crippen molar-refractivity contribution in [3.63, 3.8) is 0 Å². The lowest BCUT2D eigenvalue weighted by Gasteiger charge is -2.28. The average molecular weight is 505 g/mol. The lowest BCUT2D eigenvalue weighted by molar-refractivity contribution is 0.0577. The van der Waals surface area contributed by atoms with Crippen molar-refractivity contribution >= 4 is 11.8 Å². The lowest BCUT2D eigenvalue weighted by Crippen LogP contribution is -2.36. The molecule has 0 N–H and O–H groups in total. The van der Waals surface area contributed by atoms with E-state index >= 15 is 0 Å². The number of hydrogen-bond acceptors (Lipinski definition) is 6. The second-order valence-electron chi connectivity index (χ2n) is 9.13. The van der Waals surface area contributed by atoms with E-state index in [4.69, 9.17) is 20.0 Å². The van der Waals surface area contributed by atoms with Crippen molar-refractivity contribution in [3.8, 4) is 17.9 Å². The van der Waals surface area contributed by atoms with Crippen LogP contribution >= 0.6 is 0 Å². The van der Waals surface area contributed by atoms with Gasteiger partial charge in [0.05, 0.1) is 29.8 Å². The fraction of sp³-hybridized carbons (Fsp3) is 0.286. The van der Waals surface area contributed by atoms with E-state index < -0.39 is 25.0 Å². The highest BCUT2D eigenvalue weighted by Gasteiger charge is 2.26. The Balaban J connectivity index is 1.99. The molecule has 37 heavy (non-hydrogen) atoms. The van der Waals surface area contributed by atoms with E-state index in [1.807, 2.05) is 12.1 Å². The molecule has 9 heteroatoms. The van der Waals surface area contributed by atoms with Crippen molar-refractivity contribution in [3.05, 3.63) is 88.2 Å². The maximum atomic E-state index is 14.4. The molecule has 0 saturated heterocycles. The van der Waals surface area contributed by atoms with Gasteiger partial charge in [0.1, 0.15) is 37.0 Å². The first-order valence-electron chi connectivity index (χ1n) is 11.4. The molecule has 0 saturated carbocycles. The van der Waals surface area contributed by atoms with Crippen LogP contribution in [0.25, 0.3) is 0 Å². The summed E-state index contributed by atoms with van der Waals surface area (Å²) in [6.07, 6.45) is 0.626. The highest BCUT2D eigenvalue weighted by atomic mass is 19.1. The minimum Gasteiger partial charge on any atom is -0.486 e. The minimum absolute atomic E-state index is 0.0357. The van der Waals surface area contributed by atoms with Gasteiger partial charge in [0.2, 0.25) is 0 Å². The Kier molecular flexibility index (Phi) is 8.76. The molecule has 0 spiro atoms. The van der Waals surface area contributed by atoms with Crippen molar-refractivity contribution in [1.82, 2.24) is 4.98 Å². The van der Waals surface area contributed by atoms with Gasteiger partial charge in [0.25, 0.3) is 0 Å². The summed E-state index contributed by atoms with van der Waals surface area (Å²) in [5, 5.41) is 18.2. The molecular weight excluding hydrogens is 478 g/mol. The molecule has 0 unspecified atom stereocenters. The number of benzene rings is 2. The number of anilines is 1. The van der Waals surface area contributed by atoms with Gasteiger partial charge in [-0.3, -0.25) is 9.88 Å². The van der Waals surface area contributed by atoms with Crippen LogP contribution in [0.5, 0.6) is 5.75 Å². The number of nitriles is 2. The van der Waals surface area contributed by atoms with Crippen molar-refractivity contribution in [2.45, 2.75) is 52.9 Å². The third-order valence-electron chi connectivity index (χ3n) is 5.25. The zero-order valence-corrected chi connectivity index (χ0v) is 20.8. The smallest absolute Gasteiger partial charge is 0.415 e. The van der Waals surface area contributed by atoms with Crippen LogP contribution in [-0.4, -0.2) is 16.7 Å². The van der Waals surface area contributed by atoms with Crippen LogP contribution in [0, 0.1) is 22.7 Å². The molecule has 7 nitrogen and oxygen atoms in total. The Bertz CT molecular complexity index is 1340. The number of aromatic nitrogens is 1. The molecule has 0 fully saturated rings. The largest absolute Gasteiger partial charge is 0.486 e. The van der Waals surface area contributed by atoms with Crippen LogP contribution in [0.3, 0.4) is 0 Å². The van der Waals surface area contributed by atoms with Crippen molar-refractivity contribution in [2.75, 3.05) is 4.90 Å². The molecule has 1 amide bonds. The van der Waals surface area contributed by atoms with E-state index in [1.54, 1.807) is 69.3 Å².